The number of rotatable bonds is 4. The van der Waals surface area contributed by atoms with Gasteiger partial charge in [-0.2, -0.15) is 0 Å². The minimum absolute atomic E-state index is 0.0294. The normalized spacial score (nSPS) is 19.3. The Hall–Kier alpha value is -1.22. The molecule has 1 unspecified atom stereocenters. The Morgan fingerprint density at radius 2 is 2.16 bits per heavy atom. The molecule has 1 aromatic carbocycles. The van der Waals surface area contributed by atoms with Gasteiger partial charge in [-0.1, -0.05) is 17.7 Å². The Morgan fingerprint density at radius 3 is 2.84 bits per heavy atom. The summed E-state index contributed by atoms with van der Waals surface area (Å²) in [6.45, 7) is 4.31. The molecule has 1 heterocycles. The lowest BCUT2D eigenvalue weighted by Gasteiger charge is -2.32. The van der Waals surface area contributed by atoms with Gasteiger partial charge in [0, 0.05) is 19.0 Å². The predicted octanol–water partition coefficient (Wildman–Crippen LogP) is 2.85. The first-order valence-corrected chi connectivity index (χ1v) is 7.25. The molecule has 0 bridgehead atoms. The molecule has 1 fully saturated rings. The molecule has 1 amide bonds. The Kier molecular flexibility index (Phi) is 5.08. The number of hydrogen-bond acceptors (Lipinski definition) is 2. The lowest BCUT2D eigenvalue weighted by atomic mass is 9.99. The maximum absolute atomic E-state index is 11.6. The number of piperidine rings is 1. The SMILES string of the molecule is Cc1ccc(OCC2CCCN(C(=O)CCl)C2)cc1. The third-order valence-corrected chi connectivity index (χ3v) is 3.72. The molecule has 0 N–H and O–H groups in total. The fourth-order valence-electron chi connectivity index (χ4n) is 2.36. The zero-order valence-electron chi connectivity index (χ0n) is 11.3. The average Bonchev–Trinajstić information content (AvgIpc) is 2.46. The second kappa shape index (κ2) is 6.80. The summed E-state index contributed by atoms with van der Waals surface area (Å²) in [6, 6.07) is 8.05. The topological polar surface area (TPSA) is 29.5 Å². The van der Waals surface area contributed by atoms with E-state index in [1.807, 2.05) is 29.2 Å². The number of hydrogen-bond donors (Lipinski definition) is 0. The van der Waals surface area contributed by atoms with Crippen LogP contribution in [0.4, 0.5) is 0 Å². The zero-order valence-corrected chi connectivity index (χ0v) is 12.0. The van der Waals surface area contributed by atoms with Crippen LogP contribution >= 0.6 is 11.6 Å². The van der Waals surface area contributed by atoms with Crippen LogP contribution < -0.4 is 4.74 Å². The van der Waals surface area contributed by atoms with E-state index in [9.17, 15) is 4.79 Å². The van der Waals surface area contributed by atoms with Crippen molar-refractivity contribution in [3.63, 3.8) is 0 Å². The first-order valence-electron chi connectivity index (χ1n) is 6.72. The number of alkyl halides is 1. The molecule has 0 radical (unpaired) electrons. The second-order valence-electron chi connectivity index (χ2n) is 5.11. The van der Waals surface area contributed by atoms with Crippen LogP contribution in [0.15, 0.2) is 24.3 Å². The summed E-state index contributed by atoms with van der Waals surface area (Å²) in [5.41, 5.74) is 1.23. The summed E-state index contributed by atoms with van der Waals surface area (Å²) < 4.78 is 5.79. The average molecular weight is 282 g/mol. The largest absolute Gasteiger partial charge is 0.493 e. The van der Waals surface area contributed by atoms with Gasteiger partial charge in [0.05, 0.1) is 6.61 Å². The fourth-order valence-corrected chi connectivity index (χ4v) is 2.53. The van der Waals surface area contributed by atoms with Crippen LogP contribution in [-0.4, -0.2) is 36.4 Å². The van der Waals surface area contributed by atoms with Gasteiger partial charge in [-0.25, -0.2) is 0 Å². The van der Waals surface area contributed by atoms with Crippen LogP contribution in [0.3, 0.4) is 0 Å². The monoisotopic (exact) mass is 281 g/mol. The van der Waals surface area contributed by atoms with E-state index in [0.717, 1.165) is 31.7 Å². The number of aryl methyl sites for hydroxylation is 1. The van der Waals surface area contributed by atoms with Crippen molar-refractivity contribution in [1.29, 1.82) is 0 Å². The molecule has 1 aromatic rings. The number of benzene rings is 1. The number of amides is 1. The molecule has 104 valence electrons. The lowest BCUT2D eigenvalue weighted by Crippen LogP contribution is -2.42. The van der Waals surface area contributed by atoms with Gasteiger partial charge in [0.2, 0.25) is 5.91 Å². The summed E-state index contributed by atoms with van der Waals surface area (Å²) >= 11 is 5.60. The van der Waals surface area contributed by atoms with E-state index in [2.05, 4.69) is 6.92 Å². The van der Waals surface area contributed by atoms with Gasteiger partial charge in [0.25, 0.3) is 0 Å². The number of likely N-dealkylation sites (tertiary alicyclic amines) is 1. The van der Waals surface area contributed by atoms with Gasteiger partial charge >= 0.3 is 0 Å². The molecular weight excluding hydrogens is 262 g/mol. The summed E-state index contributed by atoms with van der Waals surface area (Å²) in [6.07, 6.45) is 2.14. The summed E-state index contributed by atoms with van der Waals surface area (Å²) in [5.74, 6) is 1.40. The number of ether oxygens (including phenoxy) is 1. The van der Waals surface area contributed by atoms with Crippen molar-refractivity contribution in [1.82, 2.24) is 4.90 Å². The highest BCUT2D eigenvalue weighted by Crippen LogP contribution is 2.19. The predicted molar refractivity (Wildman–Crippen MR) is 76.7 cm³/mol. The van der Waals surface area contributed by atoms with Crippen LogP contribution in [0.2, 0.25) is 0 Å². The van der Waals surface area contributed by atoms with Gasteiger partial charge in [-0.15, -0.1) is 11.6 Å². The Labute approximate surface area is 119 Å². The van der Waals surface area contributed by atoms with E-state index in [0.29, 0.717) is 12.5 Å². The molecule has 0 aliphatic carbocycles. The van der Waals surface area contributed by atoms with Crippen LogP contribution in [-0.2, 0) is 4.79 Å². The van der Waals surface area contributed by atoms with Crippen LogP contribution in [0.25, 0.3) is 0 Å². The molecular formula is C15H20ClNO2. The molecule has 1 aliphatic heterocycles. The maximum atomic E-state index is 11.6. The molecule has 1 aliphatic rings. The standard InChI is InChI=1S/C15H20ClNO2/c1-12-4-6-14(7-5-12)19-11-13-3-2-8-17(10-13)15(18)9-16/h4-7,13H,2-3,8-11H2,1H3. The van der Waals surface area contributed by atoms with Crippen molar-refractivity contribution in [3.8, 4) is 5.75 Å². The first-order chi connectivity index (χ1) is 9.19. The Balaban J connectivity index is 1.82. The Bertz CT molecular complexity index is 419. The van der Waals surface area contributed by atoms with E-state index in [4.69, 9.17) is 16.3 Å². The van der Waals surface area contributed by atoms with Gasteiger partial charge in [-0.3, -0.25) is 4.79 Å². The molecule has 4 heteroatoms. The summed E-state index contributed by atoms with van der Waals surface area (Å²) in [7, 11) is 0. The first kappa shape index (κ1) is 14.2. The summed E-state index contributed by atoms with van der Waals surface area (Å²) in [4.78, 5) is 13.4. The smallest absolute Gasteiger partial charge is 0.237 e. The second-order valence-corrected chi connectivity index (χ2v) is 5.37. The molecule has 1 saturated heterocycles. The van der Waals surface area contributed by atoms with Crippen molar-refractivity contribution < 1.29 is 9.53 Å². The molecule has 3 nitrogen and oxygen atoms in total. The van der Waals surface area contributed by atoms with Gasteiger partial charge in [0.15, 0.2) is 0 Å². The van der Waals surface area contributed by atoms with Crippen molar-refractivity contribution in [2.75, 3.05) is 25.6 Å². The summed E-state index contributed by atoms with van der Waals surface area (Å²) in [5, 5.41) is 0. The van der Waals surface area contributed by atoms with Crippen molar-refractivity contribution in [3.05, 3.63) is 29.8 Å². The van der Waals surface area contributed by atoms with E-state index in [-0.39, 0.29) is 11.8 Å². The number of carbonyl (C=O) groups excluding carboxylic acids is 1. The molecule has 19 heavy (non-hydrogen) atoms. The number of nitrogens with zero attached hydrogens (tertiary/aromatic N) is 1. The van der Waals surface area contributed by atoms with Crippen molar-refractivity contribution in [2.45, 2.75) is 19.8 Å². The minimum atomic E-state index is 0.0294. The molecule has 0 saturated carbocycles. The maximum Gasteiger partial charge on any atom is 0.237 e. The molecule has 0 aromatic heterocycles. The highest BCUT2D eigenvalue weighted by atomic mass is 35.5. The molecule has 0 spiro atoms. The van der Waals surface area contributed by atoms with E-state index < -0.39 is 0 Å². The zero-order chi connectivity index (χ0) is 13.7. The van der Waals surface area contributed by atoms with Gasteiger partial charge in [0.1, 0.15) is 11.6 Å². The minimum Gasteiger partial charge on any atom is -0.493 e. The van der Waals surface area contributed by atoms with Crippen LogP contribution in [0.1, 0.15) is 18.4 Å². The fraction of sp³-hybridized carbons (Fsp3) is 0.533. The third-order valence-electron chi connectivity index (χ3n) is 3.49. The van der Waals surface area contributed by atoms with Crippen molar-refractivity contribution >= 4 is 17.5 Å². The number of halogens is 1. The molecule has 1 atom stereocenters. The van der Waals surface area contributed by atoms with Crippen molar-refractivity contribution in [2.24, 2.45) is 5.92 Å². The van der Waals surface area contributed by atoms with E-state index >= 15 is 0 Å². The molecule has 2 rings (SSSR count). The van der Waals surface area contributed by atoms with Crippen LogP contribution in [0.5, 0.6) is 5.75 Å². The Morgan fingerprint density at radius 1 is 1.42 bits per heavy atom. The van der Waals surface area contributed by atoms with Gasteiger partial charge in [-0.05, 0) is 31.9 Å². The lowest BCUT2D eigenvalue weighted by molar-refractivity contribution is -0.130. The van der Waals surface area contributed by atoms with E-state index in [1.165, 1.54) is 5.56 Å². The highest BCUT2D eigenvalue weighted by Gasteiger charge is 2.23. The third kappa shape index (κ3) is 4.13. The number of carbonyl (C=O) groups is 1. The van der Waals surface area contributed by atoms with E-state index in [1.54, 1.807) is 0 Å². The van der Waals surface area contributed by atoms with Gasteiger partial charge < -0.3 is 9.64 Å². The highest BCUT2D eigenvalue weighted by molar-refractivity contribution is 6.27. The quantitative estimate of drug-likeness (QED) is 0.794. The van der Waals surface area contributed by atoms with Crippen LogP contribution in [0, 0.1) is 12.8 Å².